The highest BCUT2D eigenvalue weighted by Crippen LogP contribution is 2.19. The van der Waals surface area contributed by atoms with Gasteiger partial charge in [0.2, 0.25) is 5.91 Å². The van der Waals surface area contributed by atoms with Crippen molar-refractivity contribution in [2.75, 3.05) is 33.3 Å². The molecule has 0 aromatic rings. The van der Waals surface area contributed by atoms with Crippen molar-refractivity contribution < 1.29 is 9.53 Å². The van der Waals surface area contributed by atoms with Gasteiger partial charge < -0.3 is 20.7 Å². The second-order valence-electron chi connectivity index (χ2n) is 5.87. The van der Waals surface area contributed by atoms with Crippen molar-refractivity contribution in [2.45, 2.75) is 45.6 Å². The van der Waals surface area contributed by atoms with Crippen molar-refractivity contribution >= 4 is 11.9 Å². The Kier molecular flexibility index (Phi) is 8.12. The summed E-state index contributed by atoms with van der Waals surface area (Å²) < 4.78 is 5.52. The van der Waals surface area contributed by atoms with Crippen LogP contribution in [0.4, 0.5) is 0 Å². The molecule has 0 aliphatic carbocycles. The molecule has 1 rings (SSSR count). The van der Waals surface area contributed by atoms with Gasteiger partial charge in [0.15, 0.2) is 5.96 Å². The molecule has 0 spiro atoms. The first-order valence-corrected chi connectivity index (χ1v) is 7.88. The van der Waals surface area contributed by atoms with Crippen LogP contribution >= 0.6 is 0 Å². The van der Waals surface area contributed by atoms with Crippen molar-refractivity contribution in [3.05, 3.63) is 0 Å². The summed E-state index contributed by atoms with van der Waals surface area (Å²) in [7, 11) is 1.80. The van der Waals surface area contributed by atoms with Crippen molar-refractivity contribution in [3.8, 4) is 0 Å². The van der Waals surface area contributed by atoms with E-state index in [4.69, 9.17) is 10.5 Å². The zero-order valence-electron chi connectivity index (χ0n) is 13.6. The number of nitrogens with one attached hydrogen (secondary N) is 1. The molecule has 0 radical (unpaired) electrons. The summed E-state index contributed by atoms with van der Waals surface area (Å²) in [6, 6.07) is 0. The lowest BCUT2D eigenvalue weighted by molar-refractivity contribution is -0.119. The van der Waals surface area contributed by atoms with E-state index >= 15 is 0 Å². The minimum atomic E-state index is -0.212. The van der Waals surface area contributed by atoms with Gasteiger partial charge in [-0.25, -0.2) is 0 Å². The van der Waals surface area contributed by atoms with Crippen molar-refractivity contribution in [3.63, 3.8) is 0 Å². The summed E-state index contributed by atoms with van der Waals surface area (Å²) in [5.74, 6) is 1.04. The van der Waals surface area contributed by atoms with Crippen LogP contribution in [0.25, 0.3) is 0 Å². The number of hydrogen-bond acceptors (Lipinski definition) is 3. The lowest BCUT2D eigenvalue weighted by Gasteiger charge is -2.34. The van der Waals surface area contributed by atoms with Crippen molar-refractivity contribution in [1.29, 1.82) is 0 Å². The number of amides is 1. The number of nitrogens with zero attached hydrogens (tertiary/aromatic N) is 2. The lowest BCUT2D eigenvalue weighted by atomic mass is 9.95. The number of rotatable bonds is 7. The largest absolute Gasteiger partial charge is 0.379 e. The number of carbonyl (C=O) groups is 1. The van der Waals surface area contributed by atoms with Gasteiger partial charge in [-0.15, -0.1) is 0 Å². The van der Waals surface area contributed by atoms with Gasteiger partial charge in [0.25, 0.3) is 0 Å². The normalized spacial score (nSPS) is 19.9. The van der Waals surface area contributed by atoms with Crippen LogP contribution in [0.15, 0.2) is 4.99 Å². The molecular formula is C15H30N4O2. The molecule has 1 fully saturated rings. The molecule has 6 nitrogen and oxygen atoms in total. The molecule has 0 aromatic heterocycles. The van der Waals surface area contributed by atoms with E-state index in [2.05, 4.69) is 15.2 Å². The molecule has 1 aliphatic heterocycles. The van der Waals surface area contributed by atoms with Gasteiger partial charge in [0, 0.05) is 39.7 Å². The van der Waals surface area contributed by atoms with Crippen LogP contribution in [0.5, 0.6) is 0 Å². The maximum atomic E-state index is 11.1. The Morgan fingerprint density at radius 2 is 2.29 bits per heavy atom. The fourth-order valence-corrected chi connectivity index (χ4v) is 2.63. The zero-order valence-corrected chi connectivity index (χ0v) is 13.6. The van der Waals surface area contributed by atoms with E-state index in [1.54, 1.807) is 7.05 Å². The lowest BCUT2D eigenvalue weighted by Crippen LogP contribution is -2.47. The Labute approximate surface area is 128 Å². The third-order valence-electron chi connectivity index (χ3n) is 3.58. The summed E-state index contributed by atoms with van der Waals surface area (Å²) in [5, 5.41) is 3.37. The van der Waals surface area contributed by atoms with Gasteiger partial charge >= 0.3 is 0 Å². The Hall–Kier alpha value is -1.30. The monoisotopic (exact) mass is 298 g/mol. The number of hydrogen-bond donors (Lipinski definition) is 2. The van der Waals surface area contributed by atoms with Gasteiger partial charge in [-0.3, -0.25) is 9.79 Å². The number of primary amides is 1. The van der Waals surface area contributed by atoms with E-state index in [1.165, 1.54) is 0 Å². The topological polar surface area (TPSA) is 80.0 Å². The molecular weight excluding hydrogens is 268 g/mol. The Morgan fingerprint density at radius 3 is 2.90 bits per heavy atom. The maximum Gasteiger partial charge on any atom is 0.217 e. The average molecular weight is 298 g/mol. The predicted octanol–water partition coefficient (Wildman–Crippen LogP) is 0.964. The Morgan fingerprint density at radius 1 is 1.52 bits per heavy atom. The SMILES string of the molecule is CN=C(NCCCOC(C)C)N1CCCC(CC(N)=O)C1. The average Bonchev–Trinajstić information content (AvgIpc) is 2.42. The number of carbonyl (C=O) groups excluding carboxylic acids is 1. The quantitative estimate of drug-likeness (QED) is 0.417. The molecule has 1 unspecified atom stereocenters. The van der Waals surface area contributed by atoms with Crippen LogP contribution < -0.4 is 11.1 Å². The van der Waals surface area contributed by atoms with E-state index < -0.39 is 0 Å². The summed E-state index contributed by atoms with van der Waals surface area (Å²) in [6.45, 7) is 7.52. The molecule has 0 bridgehead atoms. The molecule has 122 valence electrons. The Bertz CT molecular complexity index is 345. The molecule has 1 heterocycles. The van der Waals surface area contributed by atoms with Gasteiger partial charge in [0.1, 0.15) is 0 Å². The fraction of sp³-hybridized carbons (Fsp3) is 0.867. The number of piperidine rings is 1. The second kappa shape index (κ2) is 9.60. The first-order valence-electron chi connectivity index (χ1n) is 7.88. The first-order chi connectivity index (χ1) is 10.0. The smallest absolute Gasteiger partial charge is 0.217 e. The fourth-order valence-electron chi connectivity index (χ4n) is 2.63. The second-order valence-corrected chi connectivity index (χ2v) is 5.87. The predicted molar refractivity (Wildman–Crippen MR) is 85.2 cm³/mol. The molecule has 1 saturated heterocycles. The molecule has 1 amide bonds. The Balaban J connectivity index is 2.32. The third-order valence-corrected chi connectivity index (χ3v) is 3.58. The minimum Gasteiger partial charge on any atom is -0.379 e. The van der Waals surface area contributed by atoms with Gasteiger partial charge in [0.05, 0.1) is 6.10 Å². The van der Waals surface area contributed by atoms with E-state index in [1.807, 2.05) is 13.8 Å². The van der Waals surface area contributed by atoms with E-state index in [0.29, 0.717) is 12.3 Å². The number of guanidine groups is 1. The number of likely N-dealkylation sites (tertiary alicyclic amines) is 1. The van der Waals surface area contributed by atoms with Crippen LogP contribution in [0.1, 0.15) is 39.5 Å². The summed E-state index contributed by atoms with van der Waals surface area (Å²) in [5.41, 5.74) is 5.30. The first kappa shape index (κ1) is 17.8. The van der Waals surface area contributed by atoms with E-state index in [-0.39, 0.29) is 12.0 Å². The van der Waals surface area contributed by atoms with Gasteiger partial charge in [-0.2, -0.15) is 0 Å². The summed E-state index contributed by atoms with van der Waals surface area (Å²) in [4.78, 5) is 17.6. The summed E-state index contributed by atoms with van der Waals surface area (Å²) >= 11 is 0. The molecule has 0 saturated carbocycles. The highest BCUT2D eigenvalue weighted by atomic mass is 16.5. The zero-order chi connectivity index (χ0) is 15.7. The van der Waals surface area contributed by atoms with Crippen LogP contribution in [-0.4, -0.2) is 56.2 Å². The van der Waals surface area contributed by atoms with Crippen molar-refractivity contribution in [1.82, 2.24) is 10.2 Å². The standard InChI is InChI=1S/C15H30N4O2/c1-12(2)21-9-5-7-18-15(17-3)19-8-4-6-13(11-19)10-14(16)20/h12-13H,4-11H2,1-3H3,(H2,16,20)(H,17,18). The molecule has 1 aliphatic rings. The van der Waals surface area contributed by atoms with Gasteiger partial charge in [-0.05, 0) is 39.0 Å². The summed E-state index contributed by atoms with van der Waals surface area (Å²) in [6.07, 6.45) is 3.85. The van der Waals surface area contributed by atoms with E-state index in [9.17, 15) is 4.79 Å². The number of aliphatic imine (C=N–C) groups is 1. The molecule has 1 atom stereocenters. The number of nitrogens with two attached hydrogens (primary N) is 1. The number of ether oxygens (including phenoxy) is 1. The minimum absolute atomic E-state index is 0.212. The van der Waals surface area contributed by atoms with Crippen molar-refractivity contribution in [2.24, 2.45) is 16.6 Å². The highest BCUT2D eigenvalue weighted by molar-refractivity contribution is 5.80. The molecule has 3 N–H and O–H groups in total. The maximum absolute atomic E-state index is 11.1. The van der Waals surface area contributed by atoms with Gasteiger partial charge in [-0.1, -0.05) is 0 Å². The molecule has 0 aromatic carbocycles. The van der Waals surface area contributed by atoms with Crippen LogP contribution in [0, 0.1) is 5.92 Å². The van der Waals surface area contributed by atoms with Crippen LogP contribution in [0.2, 0.25) is 0 Å². The molecule has 21 heavy (non-hydrogen) atoms. The van der Waals surface area contributed by atoms with Crippen LogP contribution in [0.3, 0.4) is 0 Å². The highest BCUT2D eigenvalue weighted by Gasteiger charge is 2.23. The van der Waals surface area contributed by atoms with Crippen LogP contribution in [-0.2, 0) is 9.53 Å². The third kappa shape index (κ3) is 7.32. The molecule has 6 heteroatoms. The van der Waals surface area contributed by atoms with E-state index in [0.717, 1.165) is 51.5 Å².